The molecule has 1 aliphatic heterocycles. The second-order valence-corrected chi connectivity index (χ2v) is 7.73. The van der Waals surface area contributed by atoms with Gasteiger partial charge in [-0.05, 0) is 40.9 Å². The molecule has 18 heavy (non-hydrogen) atoms. The Kier molecular flexibility index (Phi) is 2.41. The summed E-state index contributed by atoms with van der Waals surface area (Å²) in [6.45, 7) is 0. The van der Waals surface area contributed by atoms with Gasteiger partial charge in [0.25, 0.3) is 0 Å². The average Bonchev–Trinajstić information content (AvgIpc) is 3.01. The summed E-state index contributed by atoms with van der Waals surface area (Å²) in [7, 11) is -3.29. The molecule has 0 unspecified atom stereocenters. The standard InChI is InChI=1S/C12H11BrO4S/c1-18(15,16)8-4-7-5-10(14)12(2-3-12)17-11(7)9(13)6-8/h4,6H,2-3,5H2,1H3. The summed E-state index contributed by atoms with van der Waals surface area (Å²) >= 11 is 3.32. The zero-order chi connectivity index (χ0) is 13.1. The largest absolute Gasteiger partial charge is 0.478 e. The van der Waals surface area contributed by atoms with Gasteiger partial charge >= 0.3 is 0 Å². The van der Waals surface area contributed by atoms with Crippen LogP contribution in [0.3, 0.4) is 0 Å². The second-order valence-electron chi connectivity index (χ2n) is 4.86. The molecule has 3 rings (SSSR count). The molecule has 1 aromatic rings. The van der Waals surface area contributed by atoms with Gasteiger partial charge in [-0.3, -0.25) is 4.79 Å². The molecule has 4 nitrogen and oxygen atoms in total. The van der Waals surface area contributed by atoms with Crippen LogP contribution in [0.1, 0.15) is 18.4 Å². The fraction of sp³-hybridized carbons (Fsp3) is 0.417. The van der Waals surface area contributed by atoms with Crippen molar-refractivity contribution in [3.8, 4) is 5.75 Å². The Hall–Kier alpha value is -0.880. The van der Waals surface area contributed by atoms with Gasteiger partial charge in [-0.25, -0.2) is 8.42 Å². The van der Waals surface area contributed by atoms with Crippen LogP contribution in [0.4, 0.5) is 0 Å². The van der Waals surface area contributed by atoms with Crippen LogP contribution in [0.2, 0.25) is 0 Å². The summed E-state index contributed by atoms with van der Waals surface area (Å²) in [6, 6.07) is 3.06. The van der Waals surface area contributed by atoms with Crippen molar-refractivity contribution < 1.29 is 17.9 Å². The molecule has 0 radical (unpaired) electrons. The van der Waals surface area contributed by atoms with Gasteiger partial charge in [-0.1, -0.05) is 0 Å². The Labute approximate surface area is 113 Å². The smallest absolute Gasteiger partial charge is 0.180 e. The summed E-state index contributed by atoms with van der Waals surface area (Å²) in [5.41, 5.74) is 0.0228. The van der Waals surface area contributed by atoms with Crippen molar-refractivity contribution in [2.75, 3.05) is 6.26 Å². The second kappa shape index (κ2) is 3.57. The molecule has 96 valence electrons. The Morgan fingerprint density at radius 1 is 1.33 bits per heavy atom. The molecule has 6 heteroatoms. The summed E-state index contributed by atoms with van der Waals surface area (Å²) in [6.07, 6.45) is 2.91. The van der Waals surface area contributed by atoms with Crippen LogP contribution in [0.5, 0.6) is 5.75 Å². The van der Waals surface area contributed by atoms with Gasteiger partial charge in [0, 0.05) is 18.2 Å². The number of carbonyl (C=O) groups excluding carboxylic acids is 1. The van der Waals surface area contributed by atoms with Gasteiger partial charge in [0.05, 0.1) is 9.37 Å². The minimum atomic E-state index is -3.29. The van der Waals surface area contributed by atoms with Gasteiger partial charge in [-0.2, -0.15) is 0 Å². The monoisotopic (exact) mass is 330 g/mol. The zero-order valence-electron chi connectivity index (χ0n) is 9.70. The SMILES string of the molecule is CS(=O)(=O)c1cc(Br)c2c(c1)CC(=O)C1(CC1)O2. The zero-order valence-corrected chi connectivity index (χ0v) is 12.1. The summed E-state index contributed by atoms with van der Waals surface area (Å²) < 4.78 is 29.4. The van der Waals surface area contributed by atoms with Gasteiger partial charge in [0.2, 0.25) is 0 Å². The van der Waals surface area contributed by atoms with E-state index in [1.54, 1.807) is 0 Å². The van der Waals surface area contributed by atoms with Crippen molar-refractivity contribution in [3.63, 3.8) is 0 Å². The molecule has 0 atom stereocenters. The van der Waals surface area contributed by atoms with Crippen LogP contribution in [0.15, 0.2) is 21.5 Å². The third-order valence-corrected chi connectivity index (χ3v) is 5.06. The van der Waals surface area contributed by atoms with E-state index in [1.807, 2.05) is 0 Å². The van der Waals surface area contributed by atoms with E-state index in [0.29, 0.717) is 15.8 Å². The van der Waals surface area contributed by atoms with Crippen molar-refractivity contribution in [2.24, 2.45) is 0 Å². The van der Waals surface area contributed by atoms with Gasteiger partial charge < -0.3 is 4.74 Å². The predicted octanol–water partition coefficient (Wildman–Crippen LogP) is 1.89. The molecule has 0 N–H and O–H groups in total. The Balaban J connectivity index is 2.14. The van der Waals surface area contributed by atoms with E-state index in [2.05, 4.69) is 15.9 Å². The highest BCUT2D eigenvalue weighted by Gasteiger charge is 2.54. The van der Waals surface area contributed by atoms with Crippen molar-refractivity contribution in [1.29, 1.82) is 0 Å². The Morgan fingerprint density at radius 3 is 2.56 bits per heavy atom. The molecule has 1 aliphatic carbocycles. The molecule has 2 aliphatic rings. The van der Waals surface area contributed by atoms with E-state index in [-0.39, 0.29) is 17.1 Å². The quantitative estimate of drug-likeness (QED) is 0.788. The summed E-state index contributed by atoms with van der Waals surface area (Å²) in [5, 5.41) is 0. The first-order chi connectivity index (χ1) is 8.32. The lowest BCUT2D eigenvalue weighted by atomic mass is 9.99. The first kappa shape index (κ1) is 12.2. The van der Waals surface area contributed by atoms with E-state index in [1.165, 1.54) is 12.1 Å². The summed E-state index contributed by atoms with van der Waals surface area (Å²) in [5.74, 6) is 0.659. The number of sulfone groups is 1. The van der Waals surface area contributed by atoms with E-state index in [0.717, 1.165) is 19.1 Å². The lowest BCUT2D eigenvalue weighted by molar-refractivity contribution is -0.128. The van der Waals surface area contributed by atoms with E-state index >= 15 is 0 Å². The van der Waals surface area contributed by atoms with E-state index < -0.39 is 15.4 Å². The number of ketones is 1. The van der Waals surface area contributed by atoms with Crippen LogP contribution in [-0.4, -0.2) is 26.1 Å². The predicted molar refractivity (Wildman–Crippen MR) is 68.6 cm³/mol. The molecule has 1 fully saturated rings. The molecule has 1 aromatic carbocycles. The number of halogens is 1. The number of benzene rings is 1. The van der Waals surface area contributed by atoms with Crippen LogP contribution >= 0.6 is 15.9 Å². The molecule has 0 amide bonds. The Bertz CT molecular complexity index is 659. The molecule has 0 saturated heterocycles. The van der Waals surface area contributed by atoms with Gasteiger partial charge in [0.1, 0.15) is 5.75 Å². The first-order valence-electron chi connectivity index (χ1n) is 5.57. The van der Waals surface area contributed by atoms with E-state index in [4.69, 9.17) is 4.74 Å². The van der Waals surface area contributed by atoms with Crippen molar-refractivity contribution >= 4 is 31.6 Å². The first-order valence-corrected chi connectivity index (χ1v) is 8.25. The molecule has 0 bridgehead atoms. The molecule has 1 heterocycles. The van der Waals surface area contributed by atoms with E-state index in [9.17, 15) is 13.2 Å². The number of Topliss-reactive ketones (excluding diaryl/α,β-unsaturated/α-hetero) is 1. The number of fused-ring (bicyclic) bond motifs is 1. The maximum Gasteiger partial charge on any atom is 0.180 e. The third-order valence-electron chi connectivity index (χ3n) is 3.38. The number of ether oxygens (including phenoxy) is 1. The van der Waals surface area contributed by atoms with Crippen LogP contribution in [0, 0.1) is 0 Å². The number of rotatable bonds is 1. The Morgan fingerprint density at radius 2 is 2.00 bits per heavy atom. The normalized spacial score (nSPS) is 20.4. The third kappa shape index (κ3) is 1.78. The summed E-state index contributed by atoms with van der Waals surface area (Å²) in [4.78, 5) is 12.1. The fourth-order valence-corrected chi connectivity index (χ4v) is 3.59. The lowest BCUT2D eigenvalue weighted by Gasteiger charge is -2.26. The van der Waals surface area contributed by atoms with Crippen LogP contribution in [0.25, 0.3) is 0 Å². The number of hydrogen-bond acceptors (Lipinski definition) is 4. The fourth-order valence-electron chi connectivity index (χ4n) is 2.16. The van der Waals surface area contributed by atoms with Crippen molar-refractivity contribution in [3.05, 3.63) is 22.2 Å². The number of carbonyl (C=O) groups is 1. The van der Waals surface area contributed by atoms with Crippen molar-refractivity contribution in [2.45, 2.75) is 29.8 Å². The topological polar surface area (TPSA) is 60.4 Å². The molecule has 1 saturated carbocycles. The minimum absolute atomic E-state index is 0.0487. The molecule has 1 spiro atoms. The molecule has 0 aromatic heterocycles. The highest BCUT2D eigenvalue weighted by Crippen LogP contribution is 2.48. The molecular formula is C12H11BrO4S. The maximum atomic E-state index is 11.9. The van der Waals surface area contributed by atoms with Gasteiger partial charge in [0.15, 0.2) is 21.2 Å². The number of hydrogen-bond donors (Lipinski definition) is 0. The van der Waals surface area contributed by atoms with Gasteiger partial charge in [-0.15, -0.1) is 0 Å². The van der Waals surface area contributed by atoms with Crippen molar-refractivity contribution in [1.82, 2.24) is 0 Å². The highest BCUT2D eigenvalue weighted by molar-refractivity contribution is 9.10. The van der Waals surface area contributed by atoms with Crippen LogP contribution < -0.4 is 4.74 Å². The lowest BCUT2D eigenvalue weighted by Crippen LogP contribution is -2.35. The molecular weight excluding hydrogens is 320 g/mol. The minimum Gasteiger partial charge on any atom is -0.478 e. The van der Waals surface area contributed by atoms with Crippen LogP contribution in [-0.2, 0) is 21.1 Å². The highest BCUT2D eigenvalue weighted by atomic mass is 79.9. The average molecular weight is 331 g/mol. The maximum absolute atomic E-state index is 11.9.